The Kier molecular flexibility index (Phi) is 5.75. The Morgan fingerprint density at radius 2 is 1.70 bits per heavy atom. The lowest BCUT2D eigenvalue weighted by atomic mass is 10.2. The first-order chi connectivity index (χ1) is 13.3. The Morgan fingerprint density at radius 3 is 2.48 bits per heavy atom. The van der Waals surface area contributed by atoms with Crippen molar-refractivity contribution in [1.29, 1.82) is 0 Å². The van der Waals surface area contributed by atoms with Crippen LogP contribution in [0.25, 0.3) is 5.69 Å². The largest absolute Gasteiger partial charge is 0.378 e. The molecule has 0 bridgehead atoms. The highest BCUT2D eigenvalue weighted by Crippen LogP contribution is 2.29. The van der Waals surface area contributed by atoms with Gasteiger partial charge in [0.2, 0.25) is 5.95 Å². The van der Waals surface area contributed by atoms with E-state index in [4.69, 9.17) is 4.74 Å². The van der Waals surface area contributed by atoms with Crippen molar-refractivity contribution >= 4 is 17.7 Å². The van der Waals surface area contributed by atoms with Gasteiger partial charge in [-0.3, -0.25) is 4.57 Å². The van der Waals surface area contributed by atoms with Crippen molar-refractivity contribution in [2.24, 2.45) is 0 Å². The van der Waals surface area contributed by atoms with Crippen molar-refractivity contribution in [2.75, 3.05) is 37.0 Å². The predicted octanol–water partition coefficient (Wildman–Crippen LogP) is 3.75. The van der Waals surface area contributed by atoms with Crippen LogP contribution in [0.2, 0.25) is 0 Å². The Morgan fingerprint density at radius 1 is 0.963 bits per heavy atom. The normalized spacial score (nSPS) is 14.5. The molecule has 0 aliphatic carbocycles. The first-order valence-electron chi connectivity index (χ1n) is 9.34. The molecular formula is C21H24N4OS. The summed E-state index contributed by atoms with van der Waals surface area (Å²) < 4.78 is 7.71. The summed E-state index contributed by atoms with van der Waals surface area (Å²) >= 11 is 1.76. The van der Waals surface area contributed by atoms with Crippen molar-refractivity contribution in [2.45, 2.75) is 18.5 Å². The Hall–Kier alpha value is -2.31. The van der Waals surface area contributed by atoms with E-state index in [2.05, 4.69) is 81.2 Å². The molecule has 3 aromatic rings. The molecule has 0 saturated carbocycles. The maximum Gasteiger partial charge on any atom is 0.232 e. The van der Waals surface area contributed by atoms with Crippen LogP contribution in [0.15, 0.2) is 59.8 Å². The van der Waals surface area contributed by atoms with Gasteiger partial charge in [0.15, 0.2) is 5.16 Å². The molecule has 1 aliphatic heterocycles. The summed E-state index contributed by atoms with van der Waals surface area (Å²) in [5.74, 6) is 1.88. The van der Waals surface area contributed by atoms with Crippen molar-refractivity contribution in [3.8, 4) is 5.69 Å². The lowest BCUT2D eigenvalue weighted by Gasteiger charge is -2.28. The third-order valence-corrected chi connectivity index (χ3v) is 5.66. The Labute approximate surface area is 164 Å². The number of hydrogen-bond donors (Lipinski definition) is 0. The van der Waals surface area contributed by atoms with Gasteiger partial charge < -0.3 is 9.64 Å². The van der Waals surface area contributed by atoms with Gasteiger partial charge in [-0.25, -0.2) is 0 Å². The monoisotopic (exact) mass is 380 g/mol. The number of para-hydroxylation sites is 1. The Bertz CT molecular complexity index is 875. The van der Waals surface area contributed by atoms with Gasteiger partial charge in [-0.2, -0.15) is 0 Å². The van der Waals surface area contributed by atoms with Crippen molar-refractivity contribution < 1.29 is 4.74 Å². The molecule has 2 aromatic carbocycles. The average Bonchev–Trinajstić information content (AvgIpc) is 3.13. The number of aryl methyl sites for hydroxylation is 2. The summed E-state index contributed by atoms with van der Waals surface area (Å²) in [6.07, 6.45) is 1.01. The fraction of sp³-hybridized carbons (Fsp3) is 0.333. The molecule has 0 radical (unpaired) electrons. The van der Waals surface area contributed by atoms with Crippen LogP contribution >= 0.6 is 11.8 Å². The van der Waals surface area contributed by atoms with E-state index >= 15 is 0 Å². The van der Waals surface area contributed by atoms with Crippen LogP contribution in [0.5, 0.6) is 0 Å². The number of nitrogens with zero attached hydrogens (tertiary/aromatic N) is 4. The molecule has 5 nitrogen and oxygen atoms in total. The highest BCUT2D eigenvalue weighted by atomic mass is 32.2. The van der Waals surface area contributed by atoms with Gasteiger partial charge in [0.1, 0.15) is 0 Å². The van der Waals surface area contributed by atoms with E-state index in [0.29, 0.717) is 0 Å². The molecule has 0 atom stereocenters. The van der Waals surface area contributed by atoms with E-state index in [9.17, 15) is 0 Å². The highest BCUT2D eigenvalue weighted by Gasteiger charge is 2.22. The van der Waals surface area contributed by atoms with Gasteiger partial charge in [0, 0.05) is 18.8 Å². The first kappa shape index (κ1) is 18.1. The van der Waals surface area contributed by atoms with Gasteiger partial charge in [0.25, 0.3) is 0 Å². The summed E-state index contributed by atoms with van der Waals surface area (Å²) in [5.41, 5.74) is 3.71. The molecule has 1 saturated heterocycles. The average molecular weight is 381 g/mol. The quantitative estimate of drug-likeness (QED) is 0.610. The zero-order chi connectivity index (χ0) is 18.5. The number of morpholine rings is 1. The van der Waals surface area contributed by atoms with Crippen molar-refractivity contribution in [3.63, 3.8) is 0 Å². The summed E-state index contributed by atoms with van der Waals surface area (Å²) in [7, 11) is 0. The SMILES string of the molecule is Cc1ccccc1-n1c(SCCc2ccccc2)nnc1N1CCOCC1. The molecule has 2 heterocycles. The van der Waals surface area contributed by atoms with Crippen LogP contribution in [-0.4, -0.2) is 46.8 Å². The van der Waals surface area contributed by atoms with Gasteiger partial charge in [-0.05, 0) is 30.5 Å². The van der Waals surface area contributed by atoms with E-state index in [-0.39, 0.29) is 0 Å². The number of anilines is 1. The highest BCUT2D eigenvalue weighted by molar-refractivity contribution is 7.99. The molecule has 140 valence electrons. The molecule has 1 aromatic heterocycles. The summed E-state index contributed by atoms with van der Waals surface area (Å²) in [4.78, 5) is 2.27. The molecular weight excluding hydrogens is 356 g/mol. The predicted molar refractivity (Wildman–Crippen MR) is 110 cm³/mol. The van der Waals surface area contributed by atoms with Crippen LogP contribution in [0.4, 0.5) is 5.95 Å². The molecule has 1 aliphatic rings. The van der Waals surface area contributed by atoms with Crippen molar-refractivity contribution in [3.05, 3.63) is 65.7 Å². The molecule has 27 heavy (non-hydrogen) atoms. The second-order valence-corrected chi connectivity index (χ2v) is 7.65. The van der Waals surface area contributed by atoms with Crippen LogP contribution in [0.1, 0.15) is 11.1 Å². The Balaban J connectivity index is 1.60. The van der Waals surface area contributed by atoms with E-state index < -0.39 is 0 Å². The molecule has 0 amide bonds. The minimum atomic E-state index is 0.733. The van der Waals surface area contributed by atoms with Crippen LogP contribution in [-0.2, 0) is 11.2 Å². The fourth-order valence-electron chi connectivity index (χ4n) is 3.25. The van der Waals surface area contributed by atoms with Gasteiger partial charge in [-0.15, -0.1) is 10.2 Å². The molecule has 0 N–H and O–H groups in total. The lowest BCUT2D eigenvalue weighted by Crippen LogP contribution is -2.38. The number of aromatic nitrogens is 3. The summed E-state index contributed by atoms with van der Waals surface area (Å²) in [6.45, 7) is 5.29. The molecule has 0 unspecified atom stereocenters. The van der Waals surface area contributed by atoms with Gasteiger partial charge in [0.05, 0.1) is 18.9 Å². The van der Waals surface area contributed by atoms with E-state index in [0.717, 1.165) is 55.3 Å². The molecule has 4 rings (SSSR count). The second-order valence-electron chi connectivity index (χ2n) is 6.59. The minimum Gasteiger partial charge on any atom is -0.378 e. The number of benzene rings is 2. The van der Waals surface area contributed by atoms with E-state index in [1.54, 1.807) is 11.8 Å². The maximum atomic E-state index is 5.51. The van der Waals surface area contributed by atoms with Gasteiger partial charge >= 0.3 is 0 Å². The van der Waals surface area contributed by atoms with Crippen LogP contribution in [0, 0.1) is 6.92 Å². The molecule has 1 fully saturated rings. The third kappa shape index (κ3) is 4.17. The summed E-state index contributed by atoms with van der Waals surface area (Å²) in [5, 5.41) is 10.0. The van der Waals surface area contributed by atoms with E-state index in [1.807, 2.05) is 0 Å². The fourth-order valence-corrected chi connectivity index (χ4v) is 4.18. The molecule has 6 heteroatoms. The second kappa shape index (κ2) is 8.59. The zero-order valence-electron chi connectivity index (χ0n) is 15.5. The van der Waals surface area contributed by atoms with Crippen LogP contribution < -0.4 is 4.90 Å². The third-order valence-electron chi connectivity index (χ3n) is 4.73. The van der Waals surface area contributed by atoms with Crippen molar-refractivity contribution in [1.82, 2.24) is 14.8 Å². The van der Waals surface area contributed by atoms with Gasteiger partial charge in [-0.1, -0.05) is 60.3 Å². The first-order valence-corrected chi connectivity index (χ1v) is 10.3. The van der Waals surface area contributed by atoms with Crippen LogP contribution in [0.3, 0.4) is 0 Å². The summed E-state index contributed by atoms with van der Waals surface area (Å²) in [6, 6.07) is 19.0. The standard InChI is InChI=1S/C21H24N4OS/c1-17-7-5-6-10-19(17)25-20(24-12-14-26-15-13-24)22-23-21(25)27-16-11-18-8-3-2-4-9-18/h2-10H,11-16H2,1H3. The lowest BCUT2D eigenvalue weighted by molar-refractivity contribution is 0.122. The topological polar surface area (TPSA) is 43.2 Å². The molecule has 0 spiro atoms. The zero-order valence-corrected chi connectivity index (χ0v) is 16.4. The number of hydrogen-bond acceptors (Lipinski definition) is 5. The maximum absolute atomic E-state index is 5.51. The number of thioether (sulfide) groups is 1. The number of ether oxygens (including phenoxy) is 1. The minimum absolute atomic E-state index is 0.733. The number of rotatable bonds is 6. The smallest absolute Gasteiger partial charge is 0.232 e. The van der Waals surface area contributed by atoms with E-state index in [1.165, 1.54) is 11.1 Å².